The zero-order valence-electron chi connectivity index (χ0n) is 16.6. The molecule has 146 valence electrons. The number of carbonyl (C=O) groups excluding carboxylic acids is 2. The van der Waals surface area contributed by atoms with E-state index in [1.807, 2.05) is 25.7 Å². The number of benzene rings is 1. The van der Waals surface area contributed by atoms with Crippen molar-refractivity contribution in [3.05, 3.63) is 34.5 Å². The van der Waals surface area contributed by atoms with Crippen LogP contribution in [0, 0.1) is 17.2 Å². The number of amides is 1. The molecule has 0 spiro atoms. The lowest BCUT2D eigenvalue weighted by molar-refractivity contribution is -0.130. The maximum atomic E-state index is 13.9. The van der Waals surface area contributed by atoms with Gasteiger partial charge in [0, 0.05) is 23.2 Å². The number of hydrogen-bond donors (Lipinski definition) is 0. The first kappa shape index (κ1) is 20.0. The molecule has 1 aromatic heterocycles. The van der Waals surface area contributed by atoms with Crippen LogP contribution in [0.4, 0.5) is 4.39 Å². The largest absolute Gasteiger partial charge is 0.342 e. The number of nitrogens with zero attached hydrogens (tertiary/aromatic N) is 1. The average Bonchev–Trinajstić information content (AvgIpc) is 3.35. The summed E-state index contributed by atoms with van der Waals surface area (Å²) in [5.74, 6) is 0.326. The molecule has 0 saturated heterocycles. The van der Waals surface area contributed by atoms with Gasteiger partial charge in [-0.05, 0) is 54.3 Å². The number of carbonyl (C=O) groups is 2. The van der Waals surface area contributed by atoms with Crippen molar-refractivity contribution < 1.29 is 14.0 Å². The summed E-state index contributed by atoms with van der Waals surface area (Å²) in [5.41, 5.74) is 0.144. The highest BCUT2D eigenvalue weighted by atomic mass is 32.1. The molecule has 0 atom stereocenters. The zero-order valence-corrected chi connectivity index (χ0v) is 17.4. The molecule has 1 fully saturated rings. The van der Waals surface area contributed by atoms with Crippen LogP contribution in [-0.4, -0.2) is 29.7 Å². The molecule has 1 aliphatic carbocycles. The molecule has 0 N–H and O–H groups in total. The van der Waals surface area contributed by atoms with Gasteiger partial charge in [0.05, 0.1) is 11.3 Å². The Labute approximate surface area is 164 Å². The summed E-state index contributed by atoms with van der Waals surface area (Å²) < 4.78 is 14.7. The van der Waals surface area contributed by atoms with Crippen LogP contribution in [0.25, 0.3) is 10.1 Å². The standard InChI is InChI=1S/C22H28FNO2S/c1-5-10-24(13-14-6-7-14)19(25)12-17-16-11-15(23)8-9-18(16)27-20(17)21(26)22(2,3)4/h8-9,11,14H,5-7,10,12-13H2,1-4H3. The van der Waals surface area contributed by atoms with Gasteiger partial charge in [0.2, 0.25) is 5.91 Å². The van der Waals surface area contributed by atoms with Crippen LogP contribution < -0.4 is 0 Å². The highest BCUT2D eigenvalue weighted by molar-refractivity contribution is 7.21. The maximum Gasteiger partial charge on any atom is 0.227 e. The molecule has 1 aromatic carbocycles. The highest BCUT2D eigenvalue weighted by Gasteiger charge is 2.31. The Morgan fingerprint density at radius 3 is 2.56 bits per heavy atom. The molecule has 0 radical (unpaired) electrons. The molecule has 2 aromatic rings. The number of ketones is 1. The van der Waals surface area contributed by atoms with Crippen molar-refractivity contribution >= 4 is 33.1 Å². The lowest BCUT2D eigenvalue weighted by Gasteiger charge is -2.23. The second kappa shape index (κ2) is 7.70. The second-order valence-electron chi connectivity index (χ2n) is 8.59. The molecule has 3 rings (SSSR count). The van der Waals surface area contributed by atoms with Crippen LogP contribution in [0.2, 0.25) is 0 Å². The van der Waals surface area contributed by atoms with E-state index in [-0.39, 0.29) is 23.9 Å². The van der Waals surface area contributed by atoms with Crippen LogP contribution in [0.1, 0.15) is 62.2 Å². The SMILES string of the molecule is CCCN(CC1CC1)C(=O)Cc1c(C(=O)C(C)(C)C)sc2ccc(F)cc12. The van der Waals surface area contributed by atoms with Crippen LogP contribution in [-0.2, 0) is 11.2 Å². The van der Waals surface area contributed by atoms with E-state index in [1.54, 1.807) is 6.07 Å². The van der Waals surface area contributed by atoms with Gasteiger partial charge in [0.25, 0.3) is 0 Å². The molecular weight excluding hydrogens is 361 g/mol. The Kier molecular flexibility index (Phi) is 5.71. The Hall–Kier alpha value is -1.75. The van der Waals surface area contributed by atoms with Gasteiger partial charge in [0.1, 0.15) is 5.82 Å². The fraction of sp³-hybridized carbons (Fsp3) is 0.545. The summed E-state index contributed by atoms with van der Waals surface area (Å²) >= 11 is 1.37. The third-order valence-corrected chi connectivity index (χ3v) is 6.20. The first-order valence-electron chi connectivity index (χ1n) is 9.74. The minimum Gasteiger partial charge on any atom is -0.342 e. The molecule has 0 aliphatic heterocycles. The summed E-state index contributed by atoms with van der Waals surface area (Å²) in [7, 11) is 0. The molecule has 3 nitrogen and oxygen atoms in total. The van der Waals surface area contributed by atoms with Crippen molar-refractivity contribution in [3.63, 3.8) is 0 Å². The molecule has 1 aliphatic rings. The summed E-state index contributed by atoms with van der Waals surface area (Å²) in [5, 5.41) is 0.698. The monoisotopic (exact) mass is 389 g/mol. The van der Waals surface area contributed by atoms with E-state index >= 15 is 0 Å². The zero-order chi connectivity index (χ0) is 19.8. The molecule has 27 heavy (non-hydrogen) atoms. The Balaban J connectivity index is 1.98. The van der Waals surface area contributed by atoms with E-state index in [4.69, 9.17) is 0 Å². The van der Waals surface area contributed by atoms with Crippen LogP contribution in [0.5, 0.6) is 0 Å². The van der Waals surface area contributed by atoms with Crippen LogP contribution in [0.3, 0.4) is 0 Å². The summed E-state index contributed by atoms with van der Waals surface area (Å²) in [6.45, 7) is 9.23. The van der Waals surface area contributed by atoms with E-state index in [0.29, 0.717) is 21.7 Å². The van der Waals surface area contributed by atoms with Crippen molar-refractivity contribution in [2.45, 2.75) is 53.4 Å². The number of halogens is 1. The molecular formula is C22H28FNO2S. The summed E-state index contributed by atoms with van der Waals surface area (Å²) in [6.07, 6.45) is 3.44. The van der Waals surface area contributed by atoms with Crippen LogP contribution >= 0.6 is 11.3 Å². The third-order valence-electron chi connectivity index (χ3n) is 4.99. The lowest BCUT2D eigenvalue weighted by Crippen LogP contribution is -2.35. The van der Waals surface area contributed by atoms with Crippen molar-refractivity contribution in [2.75, 3.05) is 13.1 Å². The fourth-order valence-corrected chi connectivity index (χ4v) is 4.64. The molecule has 1 saturated carbocycles. The van der Waals surface area contributed by atoms with Gasteiger partial charge in [-0.15, -0.1) is 11.3 Å². The molecule has 1 heterocycles. The number of thiophene rings is 1. The maximum absolute atomic E-state index is 13.9. The summed E-state index contributed by atoms with van der Waals surface area (Å²) in [4.78, 5) is 28.6. The van der Waals surface area contributed by atoms with E-state index in [1.165, 1.54) is 36.3 Å². The Bertz CT molecular complexity index is 861. The number of rotatable bonds is 7. The quantitative estimate of drug-likeness (QED) is 0.590. The van der Waals surface area contributed by atoms with E-state index in [0.717, 1.165) is 24.2 Å². The summed E-state index contributed by atoms with van der Waals surface area (Å²) in [6, 6.07) is 4.57. The molecule has 5 heteroatoms. The number of Topliss-reactive ketones (excluding diaryl/α,β-unsaturated/α-hetero) is 1. The van der Waals surface area contributed by atoms with Crippen molar-refractivity contribution in [2.24, 2.45) is 11.3 Å². The second-order valence-corrected chi connectivity index (χ2v) is 9.64. The van der Waals surface area contributed by atoms with Gasteiger partial charge in [-0.1, -0.05) is 27.7 Å². The van der Waals surface area contributed by atoms with Crippen molar-refractivity contribution in [1.29, 1.82) is 0 Å². The Morgan fingerprint density at radius 2 is 1.96 bits per heavy atom. The number of fused-ring (bicyclic) bond motifs is 1. The van der Waals surface area contributed by atoms with Gasteiger partial charge < -0.3 is 4.90 Å². The smallest absolute Gasteiger partial charge is 0.227 e. The first-order chi connectivity index (χ1) is 12.7. The van der Waals surface area contributed by atoms with E-state index in [9.17, 15) is 14.0 Å². The Morgan fingerprint density at radius 1 is 1.26 bits per heavy atom. The molecule has 1 amide bonds. The normalized spacial score (nSPS) is 14.6. The van der Waals surface area contributed by atoms with E-state index < -0.39 is 5.41 Å². The van der Waals surface area contributed by atoms with Gasteiger partial charge in [-0.25, -0.2) is 4.39 Å². The average molecular weight is 390 g/mol. The van der Waals surface area contributed by atoms with E-state index in [2.05, 4.69) is 6.92 Å². The van der Waals surface area contributed by atoms with Gasteiger partial charge in [-0.3, -0.25) is 9.59 Å². The van der Waals surface area contributed by atoms with Gasteiger partial charge >= 0.3 is 0 Å². The number of hydrogen-bond acceptors (Lipinski definition) is 3. The van der Waals surface area contributed by atoms with Crippen LogP contribution in [0.15, 0.2) is 18.2 Å². The van der Waals surface area contributed by atoms with Gasteiger partial charge in [0.15, 0.2) is 5.78 Å². The minimum atomic E-state index is -0.547. The lowest BCUT2D eigenvalue weighted by atomic mass is 9.88. The predicted molar refractivity (Wildman–Crippen MR) is 109 cm³/mol. The molecule has 0 bridgehead atoms. The minimum absolute atomic E-state index is 0.0103. The third kappa shape index (κ3) is 4.57. The fourth-order valence-electron chi connectivity index (χ4n) is 3.28. The predicted octanol–water partition coefficient (Wildman–Crippen LogP) is 5.46. The van der Waals surface area contributed by atoms with Crippen molar-refractivity contribution in [1.82, 2.24) is 4.90 Å². The van der Waals surface area contributed by atoms with Crippen molar-refractivity contribution in [3.8, 4) is 0 Å². The first-order valence-corrected chi connectivity index (χ1v) is 10.6. The molecule has 0 unspecified atom stereocenters. The van der Waals surface area contributed by atoms with Gasteiger partial charge in [-0.2, -0.15) is 0 Å². The highest BCUT2D eigenvalue weighted by Crippen LogP contribution is 2.37. The topological polar surface area (TPSA) is 37.4 Å².